The summed E-state index contributed by atoms with van der Waals surface area (Å²) in [5.41, 5.74) is 0.637. The van der Waals surface area contributed by atoms with Gasteiger partial charge >= 0.3 is 12.0 Å². The van der Waals surface area contributed by atoms with Crippen LogP contribution in [0.2, 0.25) is 0 Å². The van der Waals surface area contributed by atoms with E-state index in [1.165, 1.54) is 21.3 Å². The van der Waals surface area contributed by atoms with Gasteiger partial charge in [0.05, 0.1) is 27.4 Å². The van der Waals surface area contributed by atoms with Crippen molar-refractivity contribution in [2.45, 2.75) is 9.83 Å². The molecule has 1 aliphatic heterocycles. The minimum Gasteiger partial charge on any atom is -0.493 e. The van der Waals surface area contributed by atoms with Crippen molar-refractivity contribution < 1.29 is 28.5 Å². The van der Waals surface area contributed by atoms with Gasteiger partial charge in [-0.05, 0) is 17.7 Å². The zero-order valence-corrected chi connectivity index (χ0v) is 17.6. The van der Waals surface area contributed by atoms with Crippen molar-refractivity contribution >= 4 is 46.8 Å². The first-order valence-corrected chi connectivity index (χ1v) is 9.04. The standard InChI is InChI=1S/C17H19Cl3N2O6/c1-8-12(15(23)28-7-17(18,19)20)13(22-16(24)21-8)9-5-10(25-2)14(27-4)11(6-9)26-3/h5-6,12-13H,1,7H2,2-4H3,(H2,21,22,24). The SMILES string of the molecule is C=C1NC(=O)NC(c2cc(OC)c(OC)c(OC)c2)C1C(=O)OCC(Cl)(Cl)Cl. The Hall–Kier alpha value is -2.03. The summed E-state index contributed by atoms with van der Waals surface area (Å²) < 4.78 is 19.3. The molecule has 2 N–H and O–H groups in total. The number of urea groups is 1. The number of amides is 2. The molecule has 8 nitrogen and oxygen atoms in total. The number of halogens is 3. The van der Waals surface area contributed by atoms with Crippen LogP contribution in [0.15, 0.2) is 24.4 Å². The highest BCUT2D eigenvalue weighted by Gasteiger charge is 2.40. The Balaban J connectivity index is 2.45. The van der Waals surface area contributed by atoms with Crippen molar-refractivity contribution in [2.75, 3.05) is 27.9 Å². The average Bonchev–Trinajstić information content (AvgIpc) is 2.63. The van der Waals surface area contributed by atoms with Crippen LogP contribution in [0, 0.1) is 5.92 Å². The third kappa shape index (κ3) is 5.06. The number of alkyl halides is 3. The average molecular weight is 454 g/mol. The van der Waals surface area contributed by atoms with E-state index in [-0.39, 0.29) is 5.70 Å². The third-order valence-electron chi connectivity index (χ3n) is 3.95. The summed E-state index contributed by atoms with van der Waals surface area (Å²) in [7, 11) is 4.37. The van der Waals surface area contributed by atoms with E-state index in [2.05, 4.69) is 17.2 Å². The minimum atomic E-state index is -1.77. The number of carbonyl (C=O) groups is 2. The van der Waals surface area contributed by atoms with Gasteiger partial charge in [0.25, 0.3) is 0 Å². The van der Waals surface area contributed by atoms with Gasteiger partial charge in [-0.15, -0.1) is 0 Å². The van der Waals surface area contributed by atoms with Gasteiger partial charge in [0, 0.05) is 5.70 Å². The first kappa shape index (κ1) is 22.3. The molecule has 0 aromatic heterocycles. The lowest BCUT2D eigenvalue weighted by molar-refractivity contribution is -0.148. The Morgan fingerprint density at radius 1 is 1.14 bits per heavy atom. The second-order valence-corrected chi connectivity index (χ2v) is 8.28. The quantitative estimate of drug-likeness (QED) is 0.508. The molecular weight excluding hydrogens is 435 g/mol. The largest absolute Gasteiger partial charge is 0.493 e. The highest BCUT2D eigenvalue weighted by atomic mass is 35.6. The summed E-state index contributed by atoms with van der Waals surface area (Å²) in [5.74, 6) is -0.661. The summed E-state index contributed by atoms with van der Waals surface area (Å²) >= 11 is 16.9. The van der Waals surface area contributed by atoms with Crippen molar-refractivity contribution in [2.24, 2.45) is 5.92 Å². The van der Waals surface area contributed by atoms with Gasteiger partial charge in [0.1, 0.15) is 12.5 Å². The van der Waals surface area contributed by atoms with E-state index < -0.39 is 34.4 Å². The number of methoxy groups -OCH3 is 3. The second-order valence-electron chi connectivity index (χ2n) is 5.76. The maximum absolute atomic E-state index is 12.6. The van der Waals surface area contributed by atoms with Crippen LogP contribution in [0.25, 0.3) is 0 Å². The number of hydrogen-bond donors (Lipinski definition) is 2. The van der Waals surface area contributed by atoms with E-state index in [4.69, 9.17) is 53.8 Å². The number of benzene rings is 1. The van der Waals surface area contributed by atoms with Crippen molar-refractivity contribution in [3.63, 3.8) is 0 Å². The number of carbonyl (C=O) groups excluding carboxylic acids is 2. The molecule has 1 aromatic rings. The van der Waals surface area contributed by atoms with Gasteiger partial charge in [-0.2, -0.15) is 0 Å². The fraction of sp³-hybridized carbons (Fsp3) is 0.412. The van der Waals surface area contributed by atoms with Gasteiger partial charge in [-0.1, -0.05) is 41.4 Å². The monoisotopic (exact) mass is 452 g/mol. The molecule has 0 bridgehead atoms. The van der Waals surface area contributed by atoms with E-state index in [9.17, 15) is 9.59 Å². The molecule has 0 radical (unpaired) electrons. The fourth-order valence-corrected chi connectivity index (χ4v) is 2.93. The predicted molar refractivity (Wildman–Crippen MR) is 104 cm³/mol. The summed E-state index contributed by atoms with van der Waals surface area (Å²) in [6.07, 6.45) is 0. The third-order valence-corrected chi connectivity index (χ3v) is 4.27. The van der Waals surface area contributed by atoms with Crippen LogP contribution in [-0.2, 0) is 9.53 Å². The van der Waals surface area contributed by atoms with Crippen LogP contribution < -0.4 is 24.8 Å². The number of nitrogens with one attached hydrogen (secondary N) is 2. The molecule has 0 saturated carbocycles. The molecule has 2 unspecified atom stereocenters. The zero-order chi connectivity index (χ0) is 21.1. The highest BCUT2D eigenvalue weighted by molar-refractivity contribution is 6.67. The van der Waals surface area contributed by atoms with Crippen molar-refractivity contribution in [3.05, 3.63) is 30.0 Å². The topological polar surface area (TPSA) is 95.1 Å². The number of hydrogen-bond acceptors (Lipinski definition) is 6. The molecule has 28 heavy (non-hydrogen) atoms. The Kier molecular flexibility index (Phi) is 7.14. The highest BCUT2D eigenvalue weighted by Crippen LogP contribution is 2.42. The molecular formula is C17H19Cl3N2O6. The van der Waals surface area contributed by atoms with E-state index in [0.29, 0.717) is 22.8 Å². The Labute approximate surface area is 177 Å². The first-order chi connectivity index (χ1) is 13.1. The molecule has 1 aromatic carbocycles. The molecule has 1 fully saturated rings. The normalized spacial score (nSPS) is 19.4. The van der Waals surface area contributed by atoms with Gasteiger partial charge in [0.2, 0.25) is 9.54 Å². The maximum Gasteiger partial charge on any atom is 0.319 e. The Morgan fingerprint density at radius 3 is 2.18 bits per heavy atom. The number of esters is 1. The van der Waals surface area contributed by atoms with E-state index >= 15 is 0 Å². The van der Waals surface area contributed by atoms with E-state index in [1.807, 2.05) is 0 Å². The van der Waals surface area contributed by atoms with Gasteiger partial charge in [-0.25, -0.2) is 4.79 Å². The van der Waals surface area contributed by atoms with Crippen molar-refractivity contribution in [1.29, 1.82) is 0 Å². The minimum absolute atomic E-state index is 0.136. The number of rotatable bonds is 6. The summed E-state index contributed by atoms with van der Waals surface area (Å²) in [6.45, 7) is 3.29. The molecule has 2 amide bonds. The maximum atomic E-state index is 12.6. The van der Waals surface area contributed by atoms with Crippen LogP contribution in [0.4, 0.5) is 4.79 Å². The van der Waals surface area contributed by atoms with Crippen molar-refractivity contribution in [1.82, 2.24) is 10.6 Å². The first-order valence-electron chi connectivity index (χ1n) is 7.90. The van der Waals surface area contributed by atoms with Gasteiger partial charge in [0.15, 0.2) is 11.5 Å². The lowest BCUT2D eigenvalue weighted by Gasteiger charge is -2.34. The molecule has 1 heterocycles. The lowest BCUT2D eigenvalue weighted by atomic mass is 9.88. The van der Waals surface area contributed by atoms with Gasteiger partial charge < -0.3 is 29.6 Å². The smallest absolute Gasteiger partial charge is 0.319 e. The van der Waals surface area contributed by atoms with E-state index in [0.717, 1.165) is 0 Å². The second kappa shape index (κ2) is 8.98. The molecule has 154 valence electrons. The summed E-state index contributed by atoms with van der Waals surface area (Å²) in [5, 5.41) is 5.12. The zero-order valence-electron chi connectivity index (χ0n) is 15.3. The summed E-state index contributed by atoms with van der Waals surface area (Å²) in [4.78, 5) is 24.6. The van der Waals surface area contributed by atoms with Crippen LogP contribution in [0.1, 0.15) is 11.6 Å². The molecule has 2 atom stereocenters. The van der Waals surface area contributed by atoms with E-state index in [1.54, 1.807) is 12.1 Å². The predicted octanol–water partition coefficient (Wildman–Crippen LogP) is 3.11. The van der Waals surface area contributed by atoms with Crippen LogP contribution in [0.3, 0.4) is 0 Å². The van der Waals surface area contributed by atoms with Crippen molar-refractivity contribution in [3.8, 4) is 17.2 Å². The van der Waals surface area contributed by atoms with Crippen LogP contribution in [-0.4, -0.2) is 43.7 Å². The van der Waals surface area contributed by atoms with Crippen LogP contribution in [0.5, 0.6) is 17.2 Å². The Bertz CT molecular complexity index is 756. The molecule has 11 heteroatoms. The molecule has 0 aliphatic carbocycles. The summed E-state index contributed by atoms with van der Waals surface area (Å²) in [6, 6.07) is 1.85. The van der Waals surface area contributed by atoms with Crippen LogP contribution >= 0.6 is 34.8 Å². The Morgan fingerprint density at radius 2 is 1.71 bits per heavy atom. The molecule has 1 saturated heterocycles. The molecule has 2 rings (SSSR count). The molecule has 0 spiro atoms. The fourth-order valence-electron chi connectivity index (χ4n) is 2.76. The van der Waals surface area contributed by atoms with Gasteiger partial charge in [-0.3, -0.25) is 4.79 Å². The number of ether oxygens (including phenoxy) is 4. The lowest BCUT2D eigenvalue weighted by Crippen LogP contribution is -2.51. The molecule has 1 aliphatic rings.